The molecule has 0 spiro atoms. The number of aliphatic hydroxyl groups is 1. The molecule has 0 radical (unpaired) electrons. The van der Waals surface area contributed by atoms with Crippen molar-refractivity contribution in [2.75, 3.05) is 19.0 Å². The first kappa shape index (κ1) is 17.0. The summed E-state index contributed by atoms with van der Waals surface area (Å²) >= 11 is 0. The molecule has 0 amide bonds. The van der Waals surface area contributed by atoms with Crippen molar-refractivity contribution in [3.63, 3.8) is 0 Å². The molecule has 2 heteroatoms. The van der Waals surface area contributed by atoms with Crippen LogP contribution in [0.1, 0.15) is 22.3 Å². The molecule has 0 fully saturated rings. The van der Waals surface area contributed by atoms with Crippen LogP contribution in [0.4, 0.5) is 5.69 Å². The second kappa shape index (κ2) is 6.96. The molecule has 0 aliphatic heterocycles. The van der Waals surface area contributed by atoms with E-state index in [1.165, 1.54) is 0 Å². The summed E-state index contributed by atoms with van der Waals surface area (Å²) in [4.78, 5) is 2.03. The highest BCUT2D eigenvalue weighted by Gasteiger charge is 2.36. The van der Waals surface area contributed by atoms with Crippen molar-refractivity contribution in [3.05, 3.63) is 108 Å². The van der Waals surface area contributed by atoms with E-state index in [4.69, 9.17) is 0 Å². The molecule has 3 rings (SSSR count). The first-order valence-electron chi connectivity index (χ1n) is 8.35. The normalized spacial score (nSPS) is 11.2. The van der Waals surface area contributed by atoms with Crippen LogP contribution in [0, 0.1) is 0 Å². The summed E-state index contributed by atoms with van der Waals surface area (Å²) in [5.74, 6) is 0. The summed E-state index contributed by atoms with van der Waals surface area (Å²) in [6.45, 7) is 3.86. The predicted molar refractivity (Wildman–Crippen MR) is 106 cm³/mol. The lowest BCUT2D eigenvalue weighted by atomic mass is 9.79. The summed E-state index contributed by atoms with van der Waals surface area (Å²) in [6, 6.07) is 25.6. The van der Waals surface area contributed by atoms with Crippen LogP contribution in [0.15, 0.2) is 85.4 Å². The Hall–Kier alpha value is -2.84. The highest BCUT2D eigenvalue weighted by molar-refractivity contribution is 5.66. The lowest BCUT2D eigenvalue weighted by molar-refractivity contribution is 0.126. The SMILES string of the molecule is C=Cc1ccc(C(O)(c2ccccc2)c2ccccc2)c(N(C)C)c1. The van der Waals surface area contributed by atoms with Crippen LogP contribution < -0.4 is 4.90 Å². The largest absolute Gasteiger partial charge is 0.377 e. The smallest absolute Gasteiger partial charge is 0.142 e. The monoisotopic (exact) mass is 329 g/mol. The highest BCUT2D eigenvalue weighted by atomic mass is 16.3. The van der Waals surface area contributed by atoms with Crippen molar-refractivity contribution in [3.8, 4) is 0 Å². The first-order valence-corrected chi connectivity index (χ1v) is 8.35. The van der Waals surface area contributed by atoms with Crippen molar-refractivity contribution in [1.82, 2.24) is 0 Å². The third kappa shape index (κ3) is 3.09. The van der Waals surface area contributed by atoms with Gasteiger partial charge in [0.25, 0.3) is 0 Å². The molecular weight excluding hydrogens is 306 g/mol. The van der Waals surface area contributed by atoms with Crippen molar-refractivity contribution in [1.29, 1.82) is 0 Å². The van der Waals surface area contributed by atoms with Gasteiger partial charge in [0.2, 0.25) is 0 Å². The fourth-order valence-electron chi connectivity index (χ4n) is 3.19. The lowest BCUT2D eigenvalue weighted by Gasteiger charge is -2.33. The molecule has 0 aliphatic rings. The van der Waals surface area contributed by atoms with Gasteiger partial charge in [-0.25, -0.2) is 0 Å². The summed E-state index contributed by atoms with van der Waals surface area (Å²) in [6.07, 6.45) is 1.82. The average molecular weight is 329 g/mol. The zero-order chi connectivity index (χ0) is 17.9. The molecule has 126 valence electrons. The van der Waals surface area contributed by atoms with Crippen molar-refractivity contribution in [2.24, 2.45) is 0 Å². The molecule has 0 unspecified atom stereocenters. The Morgan fingerprint density at radius 1 is 0.840 bits per heavy atom. The Labute approximate surface area is 149 Å². The Kier molecular flexibility index (Phi) is 4.73. The summed E-state index contributed by atoms with van der Waals surface area (Å²) in [7, 11) is 3.98. The first-order chi connectivity index (χ1) is 12.1. The Balaban J connectivity index is 2.32. The maximum Gasteiger partial charge on any atom is 0.142 e. The van der Waals surface area contributed by atoms with Crippen LogP contribution >= 0.6 is 0 Å². The zero-order valence-corrected chi connectivity index (χ0v) is 14.7. The minimum Gasteiger partial charge on any atom is -0.377 e. The fourth-order valence-corrected chi connectivity index (χ4v) is 3.19. The van der Waals surface area contributed by atoms with E-state index in [-0.39, 0.29) is 0 Å². The Morgan fingerprint density at radius 2 is 1.36 bits per heavy atom. The maximum atomic E-state index is 12.0. The molecule has 25 heavy (non-hydrogen) atoms. The summed E-state index contributed by atoms with van der Waals surface area (Å²) < 4.78 is 0. The number of nitrogens with zero attached hydrogens (tertiary/aromatic N) is 1. The molecule has 0 aromatic heterocycles. The van der Waals surface area contributed by atoms with Gasteiger partial charge >= 0.3 is 0 Å². The van der Waals surface area contributed by atoms with Crippen molar-refractivity contribution >= 4 is 11.8 Å². The van der Waals surface area contributed by atoms with Crippen molar-refractivity contribution in [2.45, 2.75) is 5.60 Å². The van der Waals surface area contributed by atoms with Gasteiger partial charge in [0.15, 0.2) is 0 Å². The van der Waals surface area contributed by atoms with E-state index in [1.807, 2.05) is 97.9 Å². The minimum absolute atomic E-state index is 0.843. The third-order valence-electron chi connectivity index (χ3n) is 4.51. The van der Waals surface area contributed by atoms with Gasteiger partial charge in [0.05, 0.1) is 0 Å². The third-order valence-corrected chi connectivity index (χ3v) is 4.51. The average Bonchev–Trinajstić information content (AvgIpc) is 2.68. The molecule has 0 saturated heterocycles. The number of hydrogen-bond acceptors (Lipinski definition) is 2. The minimum atomic E-state index is -1.23. The van der Waals surface area contributed by atoms with E-state index in [1.54, 1.807) is 0 Å². The van der Waals surface area contributed by atoms with E-state index in [0.29, 0.717) is 0 Å². The van der Waals surface area contributed by atoms with Crippen LogP contribution in [0.5, 0.6) is 0 Å². The van der Waals surface area contributed by atoms with Gasteiger partial charge in [0.1, 0.15) is 5.60 Å². The van der Waals surface area contributed by atoms with Crippen LogP contribution in [0.25, 0.3) is 6.08 Å². The summed E-state index contributed by atoms with van der Waals surface area (Å²) in [5, 5.41) is 12.0. The number of anilines is 1. The van der Waals surface area contributed by atoms with Gasteiger partial charge in [-0.2, -0.15) is 0 Å². The number of benzene rings is 3. The van der Waals surface area contributed by atoms with Gasteiger partial charge in [-0.15, -0.1) is 0 Å². The molecule has 0 heterocycles. The molecular formula is C23H23NO. The van der Waals surface area contributed by atoms with E-state index >= 15 is 0 Å². The second-order valence-corrected chi connectivity index (χ2v) is 6.32. The molecule has 3 aromatic carbocycles. The van der Waals surface area contributed by atoms with Crippen LogP contribution in [0.2, 0.25) is 0 Å². The van der Waals surface area contributed by atoms with Crippen LogP contribution in [0.3, 0.4) is 0 Å². The van der Waals surface area contributed by atoms with Gasteiger partial charge in [0, 0.05) is 25.3 Å². The standard InChI is InChI=1S/C23H23NO/c1-4-18-15-16-21(22(17-18)24(2)3)23(25,19-11-7-5-8-12-19)20-13-9-6-10-14-20/h4-17,25H,1H2,2-3H3. The highest BCUT2D eigenvalue weighted by Crippen LogP contribution is 2.41. The van der Waals surface area contributed by atoms with E-state index in [0.717, 1.165) is 27.9 Å². The molecule has 0 aliphatic carbocycles. The Morgan fingerprint density at radius 3 is 1.80 bits per heavy atom. The van der Waals surface area contributed by atoms with E-state index in [2.05, 4.69) is 12.6 Å². The molecule has 0 bridgehead atoms. The number of rotatable bonds is 5. The molecule has 1 N–H and O–H groups in total. The number of hydrogen-bond donors (Lipinski definition) is 1. The second-order valence-electron chi connectivity index (χ2n) is 6.32. The molecule has 0 atom stereocenters. The molecule has 3 aromatic rings. The van der Waals surface area contributed by atoms with Gasteiger partial charge in [-0.1, -0.05) is 85.5 Å². The fraction of sp³-hybridized carbons (Fsp3) is 0.130. The van der Waals surface area contributed by atoms with E-state index in [9.17, 15) is 5.11 Å². The topological polar surface area (TPSA) is 23.5 Å². The molecule has 0 saturated carbocycles. The van der Waals surface area contributed by atoms with E-state index < -0.39 is 5.60 Å². The quantitative estimate of drug-likeness (QED) is 0.687. The summed E-state index contributed by atoms with van der Waals surface area (Å²) in [5.41, 5.74) is 3.29. The van der Waals surface area contributed by atoms with Crippen LogP contribution in [-0.2, 0) is 5.60 Å². The molecule has 2 nitrogen and oxygen atoms in total. The van der Waals surface area contributed by atoms with Gasteiger partial charge < -0.3 is 10.0 Å². The Bertz CT molecular complexity index is 814. The van der Waals surface area contributed by atoms with Gasteiger partial charge in [-0.05, 0) is 22.8 Å². The van der Waals surface area contributed by atoms with Gasteiger partial charge in [-0.3, -0.25) is 0 Å². The van der Waals surface area contributed by atoms with Crippen molar-refractivity contribution < 1.29 is 5.11 Å². The van der Waals surface area contributed by atoms with Crippen LogP contribution in [-0.4, -0.2) is 19.2 Å². The predicted octanol–water partition coefficient (Wildman–Crippen LogP) is 4.68. The maximum absolute atomic E-state index is 12.0. The lowest BCUT2D eigenvalue weighted by Crippen LogP contribution is -2.31. The zero-order valence-electron chi connectivity index (χ0n) is 14.7.